The van der Waals surface area contributed by atoms with Crippen molar-refractivity contribution in [3.63, 3.8) is 0 Å². The average molecular weight is 519 g/mol. The third kappa shape index (κ3) is 4.61. The lowest BCUT2D eigenvalue weighted by atomic mass is 9.90. The SMILES string of the molecule is NCc1cc(C(=O)NBr)ccc1CN(Cc1nc2ccccc2[nH]1)C1CCCc2cccnc21. The van der Waals surface area contributed by atoms with E-state index in [1.165, 1.54) is 5.56 Å². The Labute approximate surface area is 207 Å². The molecular weight excluding hydrogens is 492 g/mol. The Bertz CT molecular complexity index is 1290. The quantitative estimate of drug-likeness (QED) is 0.312. The first kappa shape index (κ1) is 22.7. The third-order valence-electron chi connectivity index (χ3n) is 6.55. The number of rotatable bonds is 7. The number of amides is 1. The maximum Gasteiger partial charge on any atom is 0.261 e. The Morgan fingerprint density at radius 1 is 1.15 bits per heavy atom. The molecule has 4 aromatic rings. The van der Waals surface area contributed by atoms with Crippen molar-refractivity contribution in [1.29, 1.82) is 0 Å². The van der Waals surface area contributed by atoms with E-state index in [0.717, 1.165) is 52.9 Å². The zero-order valence-corrected chi connectivity index (χ0v) is 20.4. The van der Waals surface area contributed by atoms with Gasteiger partial charge in [0.2, 0.25) is 0 Å². The van der Waals surface area contributed by atoms with Crippen LogP contribution in [0.5, 0.6) is 0 Å². The number of aromatic nitrogens is 3. The largest absolute Gasteiger partial charge is 0.341 e. The van der Waals surface area contributed by atoms with Crippen molar-refractivity contribution in [2.45, 2.75) is 44.9 Å². The van der Waals surface area contributed by atoms with E-state index in [0.29, 0.717) is 25.2 Å². The van der Waals surface area contributed by atoms with Crippen molar-refractivity contribution < 1.29 is 4.79 Å². The maximum absolute atomic E-state index is 12.1. The van der Waals surface area contributed by atoms with Crippen molar-refractivity contribution in [3.8, 4) is 0 Å². The summed E-state index contributed by atoms with van der Waals surface area (Å²) < 4.78 is 2.50. The zero-order chi connectivity index (χ0) is 23.5. The molecule has 1 unspecified atom stereocenters. The van der Waals surface area contributed by atoms with Gasteiger partial charge in [-0.15, -0.1) is 0 Å². The second kappa shape index (κ2) is 10.0. The number of nitrogens with two attached hydrogens (primary N) is 1. The topological polar surface area (TPSA) is 99.9 Å². The first-order valence-electron chi connectivity index (χ1n) is 11.5. The van der Waals surface area contributed by atoms with Gasteiger partial charge in [-0.2, -0.15) is 0 Å². The summed E-state index contributed by atoms with van der Waals surface area (Å²) >= 11 is 3.02. The highest BCUT2D eigenvalue weighted by Gasteiger charge is 2.28. The van der Waals surface area contributed by atoms with E-state index in [2.05, 4.69) is 36.4 Å². The number of para-hydroxylation sites is 2. The summed E-state index contributed by atoms with van der Waals surface area (Å²) in [6.07, 6.45) is 5.10. The number of carbonyl (C=O) groups is 1. The van der Waals surface area contributed by atoms with Crippen LogP contribution in [0.15, 0.2) is 60.8 Å². The molecular formula is C26H27BrN6O. The Kier molecular flexibility index (Phi) is 6.71. The molecule has 1 amide bonds. The summed E-state index contributed by atoms with van der Waals surface area (Å²) in [5, 5.41) is 0. The van der Waals surface area contributed by atoms with Crippen LogP contribution in [0.25, 0.3) is 11.0 Å². The smallest absolute Gasteiger partial charge is 0.261 e. The summed E-state index contributed by atoms with van der Waals surface area (Å²) in [6, 6.07) is 18.2. The number of pyridine rings is 1. The van der Waals surface area contributed by atoms with Crippen molar-refractivity contribution in [2.24, 2.45) is 5.73 Å². The molecule has 5 rings (SSSR count). The number of aryl methyl sites for hydroxylation is 1. The molecule has 7 nitrogen and oxygen atoms in total. The normalized spacial score (nSPS) is 15.4. The Morgan fingerprint density at radius 3 is 2.85 bits per heavy atom. The predicted octanol–water partition coefficient (Wildman–Crippen LogP) is 4.54. The van der Waals surface area contributed by atoms with E-state index < -0.39 is 0 Å². The minimum atomic E-state index is -0.189. The van der Waals surface area contributed by atoms with Gasteiger partial charge in [0, 0.05) is 41.0 Å². The van der Waals surface area contributed by atoms with Gasteiger partial charge in [-0.25, -0.2) is 4.98 Å². The van der Waals surface area contributed by atoms with Crippen molar-refractivity contribution in [2.75, 3.05) is 0 Å². The molecule has 1 aliphatic carbocycles. The fourth-order valence-electron chi connectivity index (χ4n) is 4.87. The lowest BCUT2D eigenvalue weighted by Crippen LogP contribution is -2.32. The summed E-state index contributed by atoms with van der Waals surface area (Å²) in [6.45, 7) is 1.69. The number of hydrogen-bond acceptors (Lipinski definition) is 5. The van der Waals surface area contributed by atoms with Crippen molar-refractivity contribution in [1.82, 2.24) is 24.2 Å². The summed E-state index contributed by atoms with van der Waals surface area (Å²) in [4.78, 5) is 27.6. The van der Waals surface area contributed by atoms with Crippen LogP contribution in [0, 0.1) is 0 Å². The molecule has 2 heterocycles. The summed E-state index contributed by atoms with van der Waals surface area (Å²) in [7, 11) is 0. The monoisotopic (exact) mass is 518 g/mol. The van der Waals surface area contributed by atoms with Crippen LogP contribution in [0.2, 0.25) is 0 Å². The van der Waals surface area contributed by atoms with E-state index in [4.69, 9.17) is 15.7 Å². The molecule has 2 aromatic carbocycles. The van der Waals surface area contributed by atoms with Crippen LogP contribution in [-0.2, 0) is 26.1 Å². The number of fused-ring (bicyclic) bond motifs is 2. The first-order chi connectivity index (χ1) is 16.7. The Morgan fingerprint density at radius 2 is 2.03 bits per heavy atom. The molecule has 174 valence electrons. The van der Waals surface area contributed by atoms with Crippen LogP contribution in [0.1, 0.15) is 57.5 Å². The molecule has 0 bridgehead atoms. The van der Waals surface area contributed by atoms with Crippen LogP contribution < -0.4 is 10.1 Å². The first-order valence-corrected chi connectivity index (χ1v) is 12.3. The van der Waals surface area contributed by atoms with Gasteiger partial charge in [0.05, 0.1) is 29.3 Å². The second-order valence-corrected chi connectivity index (χ2v) is 9.07. The van der Waals surface area contributed by atoms with Crippen LogP contribution in [-0.4, -0.2) is 25.8 Å². The Hall–Kier alpha value is -3.07. The molecule has 0 fully saturated rings. The fourth-order valence-corrected chi connectivity index (χ4v) is 5.10. The lowest BCUT2D eigenvalue weighted by Gasteiger charge is -2.35. The number of H-pyrrole nitrogens is 1. The molecule has 0 aliphatic heterocycles. The van der Waals surface area contributed by atoms with Gasteiger partial charge in [-0.05, 0) is 66.3 Å². The molecule has 4 N–H and O–H groups in total. The van der Waals surface area contributed by atoms with Crippen LogP contribution in [0.3, 0.4) is 0 Å². The van der Waals surface area contributed by atoms with Crippen LogP contribution >= 0.6 is 16.1 Å². The molecule has 0 spiro atoms. The molecule has 0 saturated heterocycles. The predicted molar refractivity (Wildman–Crippen MR) is 136 cm³/mol. The van der Waals surface area contributed by atoms with Crippen molar-refractivity contribution in [3.05, 3.63) is 94.6 Å². The van der Waals surface area contributed by atoms with Gasteiger partial charge in [0.25, 0.3) is 5.91 Å². The molecule has 0 saturated carbocycles. The number of aromatic amines is 1. The highest BCUT2D eigenvalue weighted by molar-refractivity contribution is 9.08. The van der Waals surface area contributed by atoms with E-state index in [-0.39, 0.29) is 11.9 Å². The summed E-state index contributed by atoms with van der Waals surface area (Å²) in [5.74, 6) is 0.736. The maximum atomic E-state index is 12.1. The number of carbonyl (C=O) groups excluding carboxylic acids is 1. The van der Waals surface area contributed by atoms with Gasteiger partial charge in [-0.1, -0.05) is 24.3 Å². The average Bonchev–Trinajstić information content (AvgIpc) is 3.30. The van der Waals surface area contributed by atoms with Gasteiger partial charge < -0.3 is 10.7 Å². The Balaban J connectivity index is 1.51. The third-order valence-corrected chi connectivity index (χ3v) is 6.91. The molecule has 2 aromatic heterocycles. The summed E-state index contributed by atoms with van der Waals surface area (Å²) in [5.41, 5.74) is 13.2. The molecule has 1 aliphatic rings. The highest BCUT2D eigenvalue weighted by atomic mass is 79.9. The molecule has 0 radical (unpaired) electrons. The number of nitrogens with zero attached hydrogens (tertiary/aromatic N) is 3. The standard InChI is InChI=1S/C26H27BrN6O/c27-32-26(34)18-10-11-19(20(13-18)14-28)15-33(16-24-30-21-7-1-2-8-22(21)31-24)23-9-3-5-17-6-4-12-29-25(17)23/h1-2,4,6-8,10-13,23H,3,5,9,14-16,28H2,(H,30,31)(H,32,34). The molecule has 8 heteroatoms. The van der Waals surface area contributed by atoms with Gasteiger partial charge in [-0.3, -0.25) is 19.0 Å². The number of nitrogens with one attached hydrogen (secondary N) is 2. The fraction of sp³-hybridized carbons (Fsp3) is 0.269. The van der Waals surface area contributed by atoms with E-state index in [1.54, 1.807) is 0 Å². The molecule has 1 atom stereocenters. The van der Waals surface area contributed by atoms with E-state index >= 15 is 0 Å². The lowest BCUT2D eigenvalue weighted by molar-refractivity contribution is 0.0986. The minimum Gasteiger partial charge on any atom is -0.341 e. The van der Waals surface area contributed by atoms with Crippen LogP contribution in [0.4, 0.5) is 0 Å². The number of hydrogen-bond donors (Lipinski definition) is 3. The van der Waals surface area contributed by atoms with E-state index in [9.17, 15) is 4.79 Å². The highest BCUT2D eigenvalue weighted by Crippen LogP contribution is 2.35. The van der Waals surface area contributed by atoms with Crippen molar-refractivity contribution >= 4 is 33.1 Å². The molecule has 34 heavy (non-hydrogen) atoms. The zero-order valence-electron chi connectivity index (χ0n) is 18.8. The number of benzene rings is 2. The number of imidazole rings is 1. The van der Waals surface area contributed by atoms with Gasteiger partial charge in [0.15, 0.2) is 0 Å². The number of halogens is 1. The van der Waals surface area contributed by atoms with Gasteiger partial charge in [0.1, 0.15) is 5.82 Å². The second-order valence-electron chi connectivity index (χ2n) is 8.67. The van der Waals surface area contributed by atoms with Gasteiger partial charge >= 0.3 is 0 Å². The van der Waals surface area contributed by atoms with E-state index in [1.807, 2.05) is 54.7 Å². The minimum absolute atomic E-state index is 0.175.